The zero-order chi connectivity index (χ0) is 18.7. The van der Waals surface area contributed by atoms with Crippen molar-refractivity contribution in [3.05, 3.63) is 75.8 Å². The van der Waals surface area contributed by atoms with Gasteiger partial charge in [-0.05, 0) is 17.7 Å². The number of carbonyl (C=O) groups excluding carboxylic acids is 2. The highest BCUT2D eigenvalue weighted by Gasteiger charge is 2.45. The van der Waals surface area contributed by atoms with Crippen molar-refractivity contribution in [1.29, 1.82) is 0 Å². The molecule has 0 saturated carbocycles. The van der Waals surface area contributed by atoms with E-state index in [-0.39, 0.29) is 17.9 Å². The molecule has 26 heavy (non-hydrogen) atoms. The number of amides is 1. The molecule has 1 fully saturated rings. The van der Waals surface area contributed by atoms with Gasteiger partial charge in [0.05, 0.1) is 18.2 Å². The standard InChI is InChI=1S/C20H18BrNO4/c1-26-12-11-22-17(13-5-3-2-4-6-13)16(19(24)20(22)25)18(23)14-7-9-15(21)10-8-14/h2-10,17,23H,11-12H2,1H3/b18-16-. The van der Waals surface area contributed by atoms with Crippen LogP contribution in [0.15, 0.2) is 64.6 Å². The summed E-state index contributed by atoms with van der Waals surface area (Å²) in [6.07, 6.45) is 0. The molecule has 6 heteroatoms. The van der Waals surface area contributed by atoms with Gasteiger partial charge in [-0.15, -0.1) is 0 Å². The molecule has 0 bridgehead atoms. The van der Waals surface area contributed by atoms with Crippen LogP contribution in [0.4, 0.5) is 0 Å². The molecule has 1 aliphatic heterocycles. The highest BCUT2D eigenvalue weighted by Crippen LogP contribution is 2.39. The Morgan fingerprint density at radius 2 is 1.77 bits per heavy atom. The summed E-state index contributed by atoms with van der Waals surface area (Å²) in [5.41, 5.74) is 1.35. The number of Topliss-reactive ketones (excluding diaryl/α,β-unsaturated/α-hetero) is 1. The highest BCUT2D eigenvalue weighted by molar-refractivity contribution is 9.10. The molecule has 134 valence electrons. The first-order valence-electron chi connectivity index (χ1n) is 8.13. The number of halogens is 1. The van der Waals surface area contributed by atoms with Crippen LogP contribution in [-0.4, -0.2) is 42.0 Å². The van der Waals surface area contributed by atoms with E-state index in [0.717, 1.165) is 10.0 Å². The zero-order valence-corrected chi connectivity index (χ0v) is 15.8. The Kier molecular flexibility index (Phi) is 5.54. The van der Waals surface area contributed by atoms with Gasteiger partial charge in [0.15, 0.2) is 0 Å². The molecule has 1 atom stereocenters. The minimum atomic E-state index is -0.685. The van der Waals surface area contributed by atoms with Gasteiger partial charge < -0.3 is 14.7 Å². The SMILES string of the molecule is COCCN1C(=O)C(=O)/C(=C(\O)c2ccc(Br)cc2)C1c1ccccc1. The van der Waals surface area contributed by atoms with Crippen LogP contribution in [0.2, 0.25) is 0 Å². The number of rotatable bonds is 5. The molecule has 3 rings (SSSR count). The Balaban J connectivity index is 2.14. The van der Waals surface area contributed by atoms with Crippen LogP contribution in [0, 0.1) is 0 Å². The molecular weight excluding hydrogens is 398 g/mol. The zero-order valence-electron chi connectivity index (χ0n) is 14.2. The fourth-order valence-corrected chi connectivity index (χ4v) is 3.31. The molecule has 1 aliphatic rings. The number of aliphatic hydroxyl groups excluding tert-OH is 1. The summed E-state index contributed by atoms with van der Waals surface area (Å²) in [6.45, 7) is 0.562. The topological polar surface area (TPSA) is 66.8 Å². The van der Waals surface area contributed by atoms with E-state index in [9.17, 15) is 14.7 Å². The molecule has 1 heterocycles. The van der Waals surface area contributed by atoms with E-state index in [2.05, 4.69) is 15.9 Å². The predicted molar refractivity (Wildman–Crippen MR) is 101 cm³/mol. The number of benzene rings is 2. The first-order chi connectivity index (χ1) is 12.5. The Morgan fingerprint density at radius 3 is 2.38 bits per heavy atom. The number of nitrogens with zero attached hydrogens (tertiary/aromatic N) is 1. The van der Waals surface area contributed by atoms with Crippen LogP contribution in [0.1, 0.15) is 17.2 Å². The monoisotopic (exact) mass is 415 g/mol. The van der Waals surface area contributed by atoms with Gasteiger partial charge in [-0.1, -0.05) is 58.4 Å². The molecule has 2 aromatic rings. The van der Waals surface area contributed by atoms with Crippen LogP contribution < -0.4 is 0 Å². The van der Waals surface area contributed by atoms with Gasteiger partial charge in [-0.25, -0.2) is 0 Å². The van der Waals surface area contributed by atoms with Gasteiger partial charge in [0.25, 0.3) is 11.7 Å². The minimum absolute atomic E-state index is 0.0969. The van der Waals surface area contributed by atoms with Crippen molar-refractivity contribution in [2.24, 2.45) is 0 Å². The minimum Gasteiger partial charge on any atom is -0.507 e. The molecule has 1 unspecified atom stereocenters. The third-order valence-electron chi connectivity index (χ3n) is 4.31. The van der Waals surface area contributed by atoms with E-state index in [4.69, 9.17) is 4.74 Å². The van der Waals surface area contributed by atoms with Crippen molar-refractivity contribution in [3.8, 4) is 0 Å². The van der Waals surface area contributed by atoms with Crippen molar-refractivity contribution in [3.63, 3.8) is 0 Å². The second kappa shape index (κ2) is 7.85. The summed E-state index contributed by atoms with van der Waals surface area (Å²) in [4.78, 5) is 26.7. The molecule has 1 amide bonds. The Labute approximate surface area is 160 Å². The Hall–Kier alpha value is -2.44. The number of likely N-dealkylation sites (tertiary alicyclic amines) is 1. The van der Waals surface area contributed by atoms with Crippen LogP contribution >= 0.6 is 15.9 Å². The first kappa shape index (κ1) is 18.4. The average Bonchev–Trinajstić information content (AvgIpc) is 2.91. The van der Waals surface area contributed by atoms with Crippen molar-refractivity contribution in [2.75, 3.05) is 20.3 Å². The van der Waals surface area contributed by atoms with E-state index in [1.165, 1.54) is 12.0 Å². The van der Waals surface area contributed by atoms with E-state index in [0.29, 0.717) is 12.2 Å². The summed E-state index contributed by atoms with van der Waals surface area (Å²) in [7, 11) is 1.54. The maximum atomic E-state index is 12.7. The van der Waals surface area contributed by atoms with Crippen LogP contribution in [0.3, 0.4) is 0 Å². The lowest BCUT2D eigenvalue weighted by Gasteiger charge is -2.25. The number of ether oxygens (including phenoxy) is 1. The summed E-state index contributed by atoms with van der Waals surface area (Å²) >= 11 is 3.35. The predicted octanol–water partition coefficient (Wildman–Crippen LogP) is 3.52. The molecule has 1 saturated heterocycles. The second-order valence-corrected chi connectivity index (χ2v) is 6.82. The molecule has 5 nitrogen and oxygen atoms in total. The summed E-state index contributed by atoms with van der Waals surface area (Å²) in [5, 5.41) is 10.8. The van der Waals surface area contributed by atoms with E-state index in [1.54, 1.807) is 24.3 Å². The van der Waals surface area contributed by atoms with Crippen molar-refractivity contribution >= 4 is 33.4 Å². The second-order valence-electron chi connectivity index (χ2n) is 5.90. The third-order valence-corrected chi connectivity index (χ3v) is 4.84. The normalized spacial score (nSPS) is 19.2. The van der Waals surface area contributed by atoms with Crippen molar-refractivity contribution < 1.29 is 19.4 Å². The number of ketones is 1. The van der Waals surface area contributed by atoms with Gasteiger partial charge in [0.1, 0.15) is 5.76 Å². The number of carbonyl (C=O) groups is 2. The molecule has 0 radical (unpaired) electrons. The molecule has 0 aromatic heterocycles. The highest BCUT2D eigenvalue weighted by atomic mass is 79.9. The van der Waals surface area contributed by atoms with Gasteiger partial charge in [0, 0.05) is 23.7 Å². The molecule has 1 N–H and O–H groups in total. The van der Waals surface area contributed by atoms with Crippen molar-refractivity contribution in [2.45, 2.75) is 6.04 Å². The smallest absolute Gasteiger partial charge is 0.295 e. The Morgan fingerprint density at radius 1 is 1.12 bits per heavy atom. The number of methoxy groups -OCH3 is 1. The van der Waals surface area contributed by atoms with Crippen LogP contribution in [0.5, 0.6) is 0 Å². The summed E-state index contributed by atoms with van der Waals surface area (Å²) in [6, 6.07) is 15.5. The van der Waals surface area contributed by atoms with Crippen molar-refractivity contribution in [1.82, 2.24) is 4.90 Å². The summed E-state index contributed by atoms with van der Waals surface area (Å²) in [5.74, 6) is -1.49. The maximum Gasteiger partial charge on any atom is 0.295 e. The number of hydrogen-bond donors (Lipinski definition) is 1. The molecule has 2 aromatic carbocycles. The largest absolute Gasteiger partial charge is 0.507 e. The fraction of sp³-hybridized carbons (Fsp3) is 0.200. The maximum absolute atomic E-state index is 12.7. The molecular formula is C20H18BrNO4. The lowest BCUT2D eigenvalue weighted by molar-refractivity contribution is -0.140. The van der Waals surface area contributed by atoms with Gasteiger partial charge >= 0.3 is 0 Å². The summed E-state index contributed by atoms with van der Waals surface area (Å²) < 4.78 is 5.93. The number of aliphatic hydroxyl groups is 1. The van der Waals surface area contributed by atoms with Crippen LogP contribution in [0.25, 0.3) is 5.76 Å². The van der Waals surface area contributed by atoms with E-state index in [1.807, 2.05) is 30.3 Å². The van der Waals surface area contributed by atoms with E-state index < -0.39 is 17.7 Å². The quantitative estimate of drug-likeness (QED) is 0.460. The third kappa shape index (κ3) is 3.43. The first-order valence-corrected chi connectivity index (χ1v) is 8.92. The fourth-order valence-electron chi connectivity index (χ4n) is 3.05. The lowest BCUT2D eigenvalue weighted by Crippen LogP contribution is -2.32. The lowest BCUT2D eigenvalue weighted by atomic mass is 9.95. The average molecular weight is 416 g/mol. The molecule has 0 aliphatic carbocycles. The van der Waals surface area contributed by atoms with E-state index >= 15 is 0 Å². The number of hydrogen-bond acceptors (Lipinski definition) is 4. The van der Waals surface area contributed by atoms with Gasteiger partial charge in [0.2, 0.25) is 0 Å². The van der Waals surface area contributed by atoms with Crippen LogP contribution in [-0.2, 0) is 14.3 Å². The van der Waals surface area contributed by atoms with Gasteiger partial charge in [-0.3, -0.25) is 9.59 Å². The van der Waals surface area contributed by atoms with Gasteiger partial charge in [-0.2, -0.15) is 0 Å². The molecule has 0 spiro atoms. The Bertz CT molecular complexity index is 846.